The van der Waals surface area contributed by atoms with E-state index < -0.39 is 6.04 Å². The van der Waals surface area contributed by atoms with Gasteiger partial charge in [0.1, 0.15) is 5.75 Å². The van der Waals surface area contributed by atoms with E-state index in [0.717, 1.165) is 22.4 Å². The topological polar surface area (TPSA) is 61.8 Å². The maximum Gasteiger partial charge on any atom is 0.318 e. The monoisotopic (exact) mass is 342 g/mol. The van der Waals surface area contributed by atoms with E-state index in [1.54, 1.807) is 14.2 Å². The lowest BCUT2D eigenvalue weighted by Crippen LogP contribution is -2.40. The second kappa shape index (κ2) is 8.53. The number of amides is 2. The lowest BCUT2D eigenvalue weighted by atomic mass is 10.1. The number of carbonyl (C=O) groups is 1. The third-order valence-corrected chi connectivity index (χ3v) is 4.39. The first-order valence-corrected chi connectivity index (χ1v) is 8.28. The van der Waals surface area contributed by atoms with Crippen molar-refractivity contribution in [2.75, 3.05) is 20.8 Å². The number of carbonyl (C=O) groups excluding carboxylic acids is 1. The normalized spacial score (nSPS) is 11.7. The molecular formula is C20H26N2O3. The third-order valence-electron chi connectivity index (χ3n) is 4.39. The molecule has 5 nitrogen and oxygen atoms in total. The molecule has 1 atom stereocenters. The van der Waals surface area contributed by atoms with Crippen LogP contribution in [0.5, 0.6) is 5.75 Å². The zero-order valence-electron chi connectivity index (χ0n) is 15.2. The molecule has 0 saturated heterocycles. The Labute approximate surface area is 149 Å². The van der Waals surface area contributed by atoms with Crippen molar-refractivity contribution in [1.29, 1.82) is 0 Å². The average molecular weight is 342 g/mol. The van der Waals surface area contributed by atoms with Crippen LogP contribution >= 0.6 is 0 Å². The molecule has 1 unspecified atom stereocenters. The Bertz CT molecular complexity index is 713. The summed E-state index contributed by atoms with van der Waals surface area (Å²) >= 11 is 0. The van der Waals surface area contributed by atoms with E-state index >= 15 is 0 Å². The van der Waals surface area contributed by atoms with Gasteiger partial charge in [0.05, 0.1) is 19.8 Å². The van der Waals surface area contributed by atoms with Crippen LogP contribution in [0, 0.1) is 13.8 Å². The lowest BCUT2D eigenvalue weighted by molar-refractivity contribution is 0.149. The fraction of sp³-hybridized carbons (Fsp3) is 0.350. The molecular weight excluding hydrogens is 316 g/mol. The Morgan fingerprint density at radius 1 is 1.20 bits per heavy atom. The van der Waals surface area contributed by atoms with Crippen LogP contribution in [0.1, 0.15) is 28.3 Å². The Balaban J connectivity index is 2.03. The van der Waals surface area contributed by atoms with Crippen LogP contribution in [0.3, 0.4) is 0 Å². The van der Waals surface area contributed by atoms with Gasteiger partial charge in [0.25, 0.3) is 0 Å². The van der Waals surface area contributed by atoms with Gasteiger partial charge < -0.3 is 20.1 Å². The van der Waals surface area contributed by atoms with Crippen molar-refractivity contribution in [3.63, 3.8) is 0 Å². The fourth-order valence-electron chi connectivity index (χ4n) is 2.76. The van der Waals surface area contributed by atoms with Crippen LogP contribution in [-0.4, -0.2) is 36.8 Å². The number of methoxy groups -OCH3 is 1. The predicted molar refractivity (Wildman–Crippen MR) is 98.7 cm³/mol. The molecule has 0 aliphatic carbocycles. The minimum Gasteiger partial charge on any atom is -0.497 e. The summed E-state index contributed by atoms with van der Waals surface area (Å²) in [7, 11) is 3.29. The number of aliphatic hydroxyl groups is 1. The largest absolute Gasteiger partial charge is 0.497 e. The SMILES string of the molecule is COc1ccc(C(CO)N(C)C(=O)NCc2ccc(C)cc2C)cc1. The van der Waals surface area contributed by atoms with Gasteiger partial charge in [0, 0.05) is 13.6 Å². The van der Waals surface area contributed by atoms with Crippen molar-refractivity contribution < 1.29 is 14.6 Å². The molecule has 2 aromatic carbocycles. The Kier molecular flexibility index (Phi) is 6.42. The number of rotatable bonds is 6. The number of benzene rings is 2. The minimum absolute atomic E-state index is 0.153. The Hall–Kier alpha value is -2.53. The number of nitrogens with zero attached hydrogens (tertiary/aromatic N) is 1. The standard InChI is InChI=1S/C20H26N2O3/c1-14-5-6-17(15(2)11-14)12-21-20(24)22(3)19(13-23)16-7-9-18(25-4)10-8-16/h5-11,19,23H,12-13H2,1-4H3,(H,21,24). The molecule has 0 heterocycles. The third kappa shape index (κ3) is 4.73. The number of aryl methyl sites for hydroxylation is 2. The Morgan fingerprint density at radius 2 is 1.88 bits per heavy atom. The maximum absolute atomic E-state index is 12.5. The Morgan fingerprint density at radius 3 is 2.44 bits per heavy atom. The molecule has 0 radical (unpaired) electrons. The highest BCUT2D eigenvalue weighted by Crippen LogP contribution is 2.22. The molecule has 2 N–H and O–H groups in total. The number of likely N-dealkylation sites (N-methyl/N-ethyl adjacent to an activating group) is 1. The highest BCUT2D eigenvalue weighted by atomic mass is 16.5. The molecule has 0 fully saturated rings. The van der Waals surface area contributed by atoms with Gasteiger partial charge in [0.15, 0.2) is 0 Å². The minimum atomic E-state index is -0.412. The zero-order valence-corrected chi connectivity index (χ0v) is 15.2. The van der Waals surface area contributed by atoms with E-state index in [-0.39, 0.29) is 12.6 Å². The van der Waals surface area contributed by atoms with Crippen molar-refractivity contribution in [1.82, 2.24) is 10.2 Å². The van der Waals surface area contributed by atoms with Gasteiger partial charge in [-0.2, -0.15) is 0 Å². The molecule has 0 aliphatic rings. The predicted octanol–water partition coefficient (Wildman–Crippen LogP) is 3.19. The number of ether oxygens (including phenoxy) is 1. The summed E-state index contributed by atoms with van der Waals surface area (Å²) in [5.74, 6) is 0.738. The summed E-state index contributed by atoms with van der Waals surface area (Å²) in [6, 6.07) is 12.9. The van der Waals surface area contributed by atoms with Gasteiger partial charge in [-0.25, -0.2) is 4.79 Å². The highest BCUT2D eigenvalue weighted by Gasteiger charge is 2.21. The summed E-state index contributed by atoms with van der Waals surface area (Å²) in [6.45, 7) is 4.38. The van der Waals surface area contributed by atoms with Crippen molar-refractivity contribution in [3.8, 4) is 5.75 Å². The molecule has 0 saturated carbocycles. The first-order chi connectivity index (χ1) is 12.0. The van der Waals surface area contributed by atoms with Crippen molar-refractivity contribution in [2.24, 2.45) is 0 Å². The summed E-state index contributed by atoms with van der Waals surface area (Å²) in [5.41, 5.74) is 4.28. The van der Waals surface area contributed by atoms with Gasteiger partial charge in [-0.3, -0.25) is 0 Å². The van der Waals surface area contributed by atoms with Crippen molar-refractivity contribution in [2.45, 2.75) is 26.4 Å². The second-order valence-electron chi connectivity index (χ2n) is 6.17. The van der Waals surface area contributed by atoms with E-state index in [0.29, 0.717) is 6.54 Å². The van der Waals surface area contributed by atoms with Crippen LogP contribution < -0.4 is 10.1 Å². The van der Waals surface area contributed by atoms with Crippen LogP contribution in [0.2, 0.25) is 0 Å². The molecule has 0 aliphatic heterocycles. The van der Waals surface area contributed by atoms with E-state index in [4.69, 9.17) is 4.74 Å². The molecule has 134 valence electrons. The van der Waals surface area contributed by atoms with Gasteiger partial charge in [0.2, 0.25) is 0 Å². The van der Waals surface area contributed by atoms with Crippen LogP contribution in [0.25, 0.3) is 0 Å². The van der Waals surface area contributed by atoms with E-state index in [9.17, 15) is 9.90 Å². The molecule has 0 aromatic heterocycles. The van der Waals surface area contributed by atoms with E-state index in [1.165, 1.54) is 10.5 Å². The first kappa shape index (κ1) is 18.8. The smallest absolute Gasteiger partial charge is 0.318 e. The highest BCUT2D eigenvalue weighted by molar-refractivity contribution is 5.74. The molecule has 0 bridgehead atoms. The number of hydrogen-bond acceptors (Lipinski definition) is 3. The summed E-state index contributed by atoms with van der Waals surface area (Å²) in [6.07, 6.45) is 0. The molecule has 0 spiro atoms. The quantitative estimate of drug-likeness (QED) is 0.847. The molecule has 2 rings (SSSR count). The first-order valence-electron chi connectivity index (χ1n) is 8.28. The zero-order chi connectivity index (χ0) is 18.4. The van der Waals surface area contributed by atoms with Gasteiger partial charge in [-0.05, 0) is 42.7 Å². The molecule has 2 amide bonds. The average Bonchev–Trinajstić information content (AvgIpc) is 2.61. The lowest BCUT2D eigenvalue weighted by Gasteiger charge is -2.27. The number of hydrogen-bond donors (Lipinski definition) is 2. The summed E-state index contributed by atoms with van der Waals surface area (Å²) in [5, 5.41) is 12.6. The van der Waals surface area contributed by atoms with Gasteiger partial charge >= 0.3 is 6.03 Å². The molecule has 25 heavy (non-hydrogen) atoms. The summed E-state index contributed by atoms with van der Waals surface area (Å²) < 4.78 is 5.14. The maximum atomic E-state index is 12.5. The van der Waals surface area contributed by atoms with Crippen LogP contribution in [-0.2, 0) is 6.54 Å². The summed E-state index contributed by atoms with van der Waals surface area (Å²) in [4.78, 5) is 14.0. The fourth-order valence-corrected chi connectivity index (χ4v) is 2.76. The van der Waals surface area contributed by atoms with Crippen LogP contribution in [0.15, 0.2) is 42.5 Å². The number of aliphatic hydroxyl groups excluding tert-OH is 1. The molecule has 2 aromatic rings. The van der Waals surface area contributed by atoms with Gasteiger partial charge in [-0.15, -0.1) is 0 Å². The molecule has 5 heteroatoms. The van der Waals surface area contributed by atoms with Crippen LogP contribution in [0.4, 0.5) is 4.79 Å². The second-order valence-corrected chi connectivity index (χ2v) is 6.17. The van der Waals surface area contributed by atoms with Crippen molar-refractivity contribution in [3.05, 3.63) is 64.7 Å². The van der Waals surface area contributed by atoms with Gasteiger partial charge in [-0.1, -0.05) is 35.9 Å². The number of nitrogens with one attached hydrogen (secondary N) is 1. The number of urea groups is 1. The van der Waals surface area contributed by atoms with E-state index in [2.05, 4.69) is 11.4 Å². The van der Waals surface area contributed by atoms with Crippen molar-refractivity contribution >= 4 is 6.03 Å². The van der Waals surface area contributed by atoms with E-state index in [1.807, 2.05) is 50.2 Å².